The summed E-state index contributed by atoms with van der Waals surface area (Å²) < 4.78 is 17.8. The number of carbonyl (C=O) groups is 3. The molecule has 0 aromatic heterocycles. The van der Waals surface area contributed by atoms with E-state index in [2.05, 4.69) is 10.1 Å². The van der Waals surface area contributed by atoms with E-state index >= 15 is 0 Å². The highest BCUT2D eigenvalue weighted by molar-refractivity contribution is 5.92. The zero-order valence-electron chi connectivity index (χ0n) is 13.5. The van der Waals surface area contributed by atoms with Crippen LogP contribution >= 0.6 is 0 Å². The molecule has 1 N–H and O–H groups in total. The van der Waals surface area contributed by atoms with Crippen molar-refractivity contribution in [2.45, 2.75) is 6.92 Å². The van der Waals surface area contributed by atoms with Gasteiger partial charge in [0.2, 0.25) is 5.91 Å². The fraction of sp³-hybridized carbons (Fsp3) is 0.438. The van der Waals surface area contributed by atoms with E-state index in [1.807, 2.05) is 4.90 Å². The molecule has 0 aliphatic carbocycles. The van der Waals surface area contributed by atoms with Gasteiger partial charge in [0, 0.05) is 38.8 Å². The third-order valence-electron chi connectivity index (χ3n) is 3.60. The number of anilines is 1. The van der Waals surface area contributed by atoms with Gasteiger partial charge in [0.25, 0.3) is 5.91 Å². The highest BCUT2D eigenvalue weighted by Crippen LogP contribution is 2.09. The van der Waals surface area contributed by atoms with Gasteiger partial charge in [-0.05, 0) is 18.2 Å². The third kappa shape index (κ3) is 5.62. The van der Waals surface area contributed by atoms with E-state index in [9.17, 15) is 18.8 Å². The number of hydrogen-bond acceptors (Lipinski definition) is 5. The summed E-state index contributed by atoms with van der Waals surface area (Å²) in [6.45, 7) is 3.19. The second-order valence-corrected chi connectivity index (χ2v) is 5.50. The number of ether oxygens (including phenoxy) is 1. The molecule has 0 saturated carbocycles. The molecule has 0 spiro atoms. The number of hydrogen-bond donors (Lipinski definition) is 1. The Labute approximate surface area is 139 Å². The molecule has 1 aromatic rings. The van der Waals surface area contributed by atoms with Crippen molar-refractivity contribution in [2.24, 2.45) is 0 Å². The molecule has 1 saturated heterocycles. The van der Waals surface area contributed by atoms with E-state index in [0.29, 0.717) is 31.9 Å². The van der Waals surface area contributed by atoms with Crippen molar-refractivity contribution < 1.29 is 23.5 Å². The van der Waals surface area contributed by atoms with Crippen LogP contribution in [0.1, 0.15) is 6.92 Å². The monoisotopic (exact) mass is 337 g/mol. The number of rotatable bonds is 5. The summed E-state index contributed by atoms with van der Waals surface area (Å²) >= 11 is 0. The lowest BCUT2D eigenvalue weighted by atomic mass is 10.3. The Hall–Kier alpha value is -2.48. The lowest BCUT2D eigenvalue weighted by Crippen LogP contribution is -2.51. The van der Waals surface area contributed by atoms with Gasteiger partial charge in [0.05, 0.1) is 6.54 Å². The summed E-state index contributed by atoms with van der Waals surface area (Å²) in [6.07, 6.45) is 0. The molecule has 24 heavy (non-hydrogen) atoms. The van der Waals surface area contributed by atoms with E-state index < -0.39 is 11.8 Å². The number of nitrogens with zero attached hydrogens (tertiary/aromatic N) is 2. The van der Waals surface area contributed by atoms with E-state index in [1.165, 1.54) is 25.1 Å². The first-order valence-electron chi connectivity index (χ1n) is 7.63. The molecule has 2 amide bonds. The number of piperazine rings is 1. The van der Waals surface area contributed by atoms with Crippen LogP contribution in [0.5, 0.6) is 0 Å². The summed E-state index contributed by atoms with van der Waals surface area (Å²) in [5.41, 5.74) is 0.412. The second kappa shape index (κ2) is 8.39. The molecule has 0 unspecified atom stereocenters. The van der Waals surface area contributed by atoms with Crippen molar-refractivity contribution in [3.05, 3.63) is 30.1 Å². The molecule has 1 heterocycles. The molecule has 7 nitrogen and oxygen atoms in total. The Morgan fingerprint density at radius 1 is 1.21 bits per heavy atom. The Bertz CT molecular complexity index is 615. The number of benzene rings is 1. The van der Waals surface area contributed by atoms with Crippen LogP contribution in [0.25, 0.3) is 0 Å². The SMILES string of the molecule is CC(=O)OCC(=O)N1CCN(CC(=O)Nc2cccc(F)c2)CC1. The predicted molar refractivity (Wildman–Crippen MR) is 84.7 cm³/mol. The maximum absolute atomic E-state index is 13.1. The highest BCUT2D eigenvalue weighted by atomic mass is 19.1. The fourth-order valence-corrected chi connectivity index (χ4v) is 2.38. The minimum atomic E-state index is -0.490. The number of halogens is 1. The van der Waals surface area contributed by atoms with Gasteiger partial charge in [-0.25, -0.2) is 4.39 Å². The topological polar surface area (TPSA) is 79.0 Å². The smallest absolute Gasteiger partial charge is 0.303 e. The summed E-state index contributed by atoms with van der Waals surface area (Å²) in [5.74, 6) is -1.38. The highest BCUT2D eigenvalue weighted by Gasteiger charge is 2.22. The molecule has 2 rings (SSSR count). The average molecular weight is 337 g/mol. The van der Waals surface area contributed by atoms with Gasteiger partial charge in [0.15, 0.2) is 6.61 Å². The Kier molecular flexibility index (Phi) is 6.25. The van der Waals surface area contributed by atoms with E-state index in [4.69, 9.17) is 0 Å². The van der Waals surface area contributed by atoms with E-state index in [-0.39, 0.29) is 25.0 Å². The van der Waals surface area contributed by atoms with Crippen molar-refractivity contribution in [2.75, 3.05) is 44.6 Å². The molecule has 1 aliphatic rings. The molecule has 0 atom stereocenters. The van der Waals surface area contributed by atoms with E-state index in [1.54, 1.807) is 11.0 Å². The number of esters is 1. The van der Waals surface area contributed by atoms with Crippen molar-refractivity contribution >= 4 is 23.5 Å². The summed E-state index contributed by atoms with van der Waals surface area (Å²) in [5, 5.41) is 2.64. The molecule has 1 aromatic carbocycles. The van der Waals surface area contributed by atoms with Crippen LogP contribution in [-0.2, 0) is 19.1 Å². The molecule has 0 bridgehead atoms. The first-order chi connectivity index (χ1) is 11.4. The zero-order chi connectivity index (χ0) is 17.5. The van der Waals surface area contributed by atoms with Gasteiger partial charge >= 0.3 is 5.97 Å². The molecule has 0 radical (unpaired) electrons. The van der Waals surface area contributed by atoms with Crippen LogP contribution < -0.4 is 5.32 Å². The van der Waals surface area contributed by atoms with Crippen molar-refractivity contribution in [1.29, 1.82) is 0 Å². The lowest BCUT2D eigenvalue weighted by molar-refractivity contribution is -0.151. The molecule has 130 valence electrons. The summed E-state index contributed by atoms with van der Waals surface area (Å²) in [7, 11) is 0. The van der Waals surface area contributed by atoms with Gasteiger partial charge in [-0.3, -0.25) is 19.3 Å². The van der Waals surface area contributed by atoms with Gasteiger partial charge in [0.1, 0.15) is 5.82 Å². The first kappa shape index (κ1) is 17.9. The largest absolute Gasteiger partial charge is 0.456 e. The number of carbonyl (C=O) groups excluding carboxylic acids is 3. The summed E-state index contributed by atoms with van der Waals surface area (Å²) in [4.78, 5) is 38.0. The van der Waals surface area contributed by atoms with Gasteiger partial charge < -0.3 is 15.0 Å². The minimum Gasteiger partial charge on any atom is -0.456 e. The van der Waals surface area contributed by atoms with Crippen LogP contribution in [-0.4, -0.2) is 66.9 Å². The Morgan fingerprint density at radius 2 is 1.92 bits per heavy atom. The number of nitrogens with one attached hydrogen (secondary N) is 1. The van der Waals surface area contributed by atoms with Crippen LogP contribution in [0.15, 0.2) is 24.3 Å². The van der Waals surface area contributed by atoms with E-state index in [0.717, 1.165) is 0 Å². The zero-order valence-corrected chi connectivity index (χ0v) is 13.5. The molecule has 1 fully saturated rings. The maximum Gasteiger partial charge on any atom is 0.303 e. The van der Waals surface area contributed by atoms with Crippen LogP contribution in [0.3, 0.4) is 0 Å². The summed E-state index contributed by atoms with van der Waals surface area (Å²) in [6, 6.07) is 5.70. The maximum atomic E-state index is 13.1. The van der Waals surface area contributed by atoms with Crippen LogP contribution in [0, 0.1) is 5.82 Å². The van der Waals surface area contributed by atoms with Crippen LogP contribution in [0.4, 0.5) is 10.1 Å². The van der Waals surface area contributed by atoms with Crippen molar-refractivity contribution in [3.63, 3.8) is 0 Å². The van der Waals surface area contributed by atoms with Crippen molar-refractivity contribution in [1.82, 2.24) is 9.80 Å². The molecule has 1 aliphatic heterocycles. The minimum absolute atomic E-state index is 0.169. The molecular weight excluding hydrogens is 317 g/mol. The first-order valence-corrected chi connectivity index (χ1v) is 7.63. The predicted octanol–water partition coefficient (Wildman–Crippen LogP) is 0.472. The average Bonchev–Trinajstić information content (AvgIpc) is 2.53. The normalized spacial score (nSPS) is 15.0. The van der Waals surface area contributed by atoms with Crippen molar-refractivity contribution in [3.8, 4) is 0 Å². The standard InChI is InChI=1S/C16H20FN3O4/c1-12(21)24-11-16(23)20-7-5-19(6-8-20)10-15(22)18-14-4-2-3-13(17)9-14/h2-4,9H,5-8,10-11H2,1H3,(H,18,22). The Balaban J connectivity index is 1.73. The fourth-order valence-electron chi connectivity index (χ4n) is 2.38. The van der Waals surface area contributed by atoms with Gasteiger partial charge in [-0.1, -0.05) is 6.07 Å². The molecule has 8 heteroatoms. The quantitative estimate of drug-likeness (QED) is 0.790. The van der Waals surface area contributed by atoms with Gasteiger partial charge in [-0.2, -0.15) is 0 Å². The third-order valence-corrected chi connectivity index (χ3v) is 3.60. The number of amides is 2. The lowest BCUT2D eigenvalue weighted by Gasteiger charge is -2.34. The van der Waals surface area contributed by atoms with Gasteiger partial charge in [-0.15, -0.1) is 0 Å². The van der Waals surface area contributed by atoms with Crippen LogP contribution in [0.2, 0.25) is 0 Å². The second-order valence-electron chi connectivity index (χ2n) is 5.50. The Morgan fingerprint density at radius 3 is 2.54 bits per heavy atom. The molecular formula is C16H20FN3O4.